The molecule has 0 saturated carbocycles. The van der Waals surface area contributed by atoms with Crippen LogP contribution >= 0.6 is 22.9 Å². The summed E-state index contributed by atoms with van der Waals surface area (Å²) in [5.41, 5.74) is -0.238. The lowest BCUT2D eigenvalue weighted by Gasteiger charge is -2.34. The molecule has 0 atom stereocenters. The number of nitrogens with zero attached hydrogens (tertiary/aromatic N) is 2. The standard InChI is InChI=1S/C17H16ClF3N2O3S2/c1-11-4-9-27-15(11)16(24)22-5-7-23(8-6-22)28(25,26)14-10-12(17(19,20)21)2-3-13(14)18/h2-4,9-10H,5-8H2,1H3. The number of hydrogen-bond acceptors (Lipinski definition) is 4. The second-order valence-corrected chi connectivity index (χ2v) is 9.50. The SMILES string of the molecule is Cc1ccsc1C(=O)N1CCN(S(=O)(=O)c2cc(C(F)(F)F)ccc2Cl)CC1. The van der Waals surface area contributed by atoms with E-state index in [1.807, 2.05) is 13.0 Å². The topological polar surface area (TPSA) is 57.7 Å². The molecule has 3 rings (SSSR count). The van der Waals surface area contributed by atoms with Crippen molar-refractivity contribution in [1.82, 2.24) is 9.21 Å². The van der Waals surface area contributed by atoms with Gasteiger partial charge in [0.15, 0.2) is 0 Å². The summed E-state index contributed by atoms with van der Waals surface area (Å²) in [6.07, 6.45) is -4.68. The van der Waals surface area contributed by atoms with Crippen LogP contribution in [0.3, 0.4) is 0 Å². The molecule has 1 aromatic heterocycles. The third kappa shape index (κ3) is 4.05. The van der Waals surface area contributed by atoms with Crippen molar-refractivity contribution < 1.29 is 26.4 Å². The number of sulfonamides is 1. The predicted molar refractivity (Wildman–Crippen MR) is 100 cm³/mol. The van der Waals surface area contributed by atoms with E-state index in [-0.39, 0.29) is 37.1 Å². The van der Waals surface area contributed by atoms with Gasteiger partial charge in [-0.05, 0) is 42.1 Å². The number of rotatable bonds is 3. The van der Waals surface area contributed by atoms with Crippen LogP contribution in [0.1, 0.15) is 20.8 Å². The summed E-state index contributed by atoms with van der Waals surface area (Å²) < 4.78 is 65.5. The van der Waals surface area contributed by atoms with E-state index in [0.29, 0.717) is 10.9 Å². The zero-order valence-corrected chi connectivity index (χ0v) is 17.1. The Morgan fingerprint density at radius 2 is 1.79 bits per heavy atom. The number of benzene rings is 1. The van der Waals surface area contributed by atoms with Gasteiger partial charge in [0.2, 0.25) is 10.0 Å². The summed E-state index contributed by atoms with van der Waals surface area (Å²) in [5.74, 6) is -0.179. The number of carbonyl (C=O) groups is 1. The predicted octanol–water partition coefficient (Wildman–Crippen LogP) is 3.88. The second-order valence-electron chi connectivity index (χ2n) is 6.27. The third-order valence-corrected chi connectivity index (χ3v) is 7.84. The second kappa shape index (κ2) is 7.66. The quantitative estimate of drug-likeness (QED) is 0.710. The van der Waals surface area contributed by atoms with Crippen molar-refractivity contribution in [2.45, 2.75) is 18.0 Å². The Morgan fingerprint density at radius 1 is 1.14 bits per heavy atom. The summed E-state index contributed by atoms with van der Waals surface area (Å²) in [6, 6.07) is 4.04. The van der Waals surface area contributed by atoms with E-state index in [2.05, 4.69) is 0 Å². The van der Waals surface area contributed by atoms with Gasteiger partial charge in [-0.25, -0.2) is 8.42 Å². The fourth-order valence-electron chi connectivity index (χ4n) is 2.88. The molecule has 0 bridgehead atoms. The van der Waals surface area contributed by atoms with Crippen LogP contribution in [0.25, 0.3) is 0 Å². The van der Waals surface area contributed by atoms with Crippen molar-refractivity contribution in [2.24, 2.45) is 0 Å². The molecule has 0 unspecified atom stereocenters. The van der Waals surface area contributed by atoms with Crippen molar-refractivity contribution >= 4 is 38.9 Å². The first-order valence-electron chi connectivity index (χ1n) is 8.22. The monoisotopic (exact) mass is 452 g/mol. The van der Waals surface area contributed by atoms with Gasteiger partial charge in [-0.3, -0.25) is 4.79 Å². The maximum Gasteiger partial charge on any atom is 0.416 e. The molecule has 28 heavy (non-hydrogen) atoms. The molecule has 1 saturated heterocycles. The maximum atomic E-state index is 12.9. The lowest BCUT2D eigenvalue weighted by Crippen LogP contribution is -2.50. The number of hydrogen-bond donors (Lipinski definition) is 0. The van der Waals surface area contributed by atoms with Crippen LogP contribution in [0.5, 0.6) is 0 Å². The number of carbonyl (C=O) groups excluding carboxylic acids is 1. The van der Waals surface area contributed by atoms with Crippen molar-refractivity contribution in [2.75, 3.05) is 26.2 Å². The van der Waals surface area contributed by atoms with E-state index in [0.717, 1.165) is 22.0 Å². The minimum absolute atomic E-state index is 0.0227. The number of alkyl halides is 3. The molecule has 152 valence electrons. The Labute approximate surface area is 169 Å². The molecule has 5 nitrogen and oxygen atoms in total. The Bertz CT molecular complexity index is 997. The fourth-order valence-corrected chi connectivity index (χ4v) is 5.70. The smallest absolute Gasteiger partial charge is 0.335 e. The molecule has 1 fully saturated rings. The average Bonchev–Trinajstić information content (AvgIpc) is 3.06. The summed E-state index contributed by atoms with van der Waals surface area (Å²) >= 11 is 7.19. The Hall–Kier alpha value is -1.62. The van der Waals surface area contributed by atoms with Gasteiger partial charge < -0.3 is 4.90 Å². The molecule has 1 aromatic carbocycles. The molecule has 1 aliphatic rings. The van der Waals surface area contributed by atoms with Crippen molar-refractivity contribution in [1.29, 1.82) is 0 Å². The molecule has 0 aliphatic carbocycles. The van der Waals surface area contributed by atoms with E-state index < -0.39 is 26.7 Å². The van der Waals surface area contributed by atoms with Crippen LogP contribution in [0.2, 0.25) is 5.02 Å². The molecule has 11 heteroatoms. The molecule has 0 radical (unpaired) electrons. The number of halogens is 4. The molecular formula is C17H16ClF3N2O3S2. The van der Waals surface area contributed by atoms with Gasteiger partial charge in [-0.15, -0.1) is 11.3 Å². The number of amides is 1. The molecule has 0 spiro atoms. The van der Waals surface area contributed by atoms with Crippen LogP contribution < -0.4 is 0 Å². The lowest BCUT2D eigenvalue weighted by molar-refractivity contribution is -0.137. The van der Waals surface area contributed by atoms with Crippen molar-refractivity contribution in [3.8, 4) is 0 Å². The Balaban J connectivity index is 1.79. The van der Waals surface area contributed by atoms with Gasteiger partial charge in [0, 0.05) is 26.2 Å². The van der Waals surface area contributed by atoms with E-state index in [1.54, 1.807) is 10.3 Å². The summed E-state index contributed by atoms with van der Waals surface area (Å²) in [6.45, 7) is 2.06. The normalized spacial score (nSPS) is 16.4. The highest BCUT2D eigenvalue weighted by atomic mass is 35.5. The molecule has 2 aromatic rings. The van der Waals surface area contributed by atoms with Crippen LogP contribution in [-0.4, -0.2) is 49.7 Å². The van der Waals surface area contributed by atoms with Gasteiger partial charge in [0.1, 0.15) is 4.90 Å². The molecular weight excluding hydrogens is 437 g/mol. The van der Waals surface area contributed by atoms with E-state index in [9.17, 15) is 26.4 Å². The van der Waals surface area contributed by atoms with Gasteiger partial charge >= 0.3 is 6.18 Å². The summed E-state index contributed by atoms with van der Waals surface area (Å²) in [7, 11) is -4.22. The highest BCUT2D eigenvalue weighted by molar-refractivity contribution is 7.89. The molecule has 1 aliphatic heterocycles. The number of aryl methyl sites for hydroxylation is 1. The minimum Gasteiger partial charge on any atom is -0.335 e. The largest absolute Gasteiger partial charge is 0.416 e. The Kier molecular flexibility index (Phi) is 5.77. The minimum atomic E-state index is -4.68. The lowest BCUT2D eigenvalue weighted by atomic mass is 10.2. The number of thiophene rings is 1. The van der Waals surface area contributed by atoms with Crippen LogP contribution in [-0.2, 0) is 16.2 Å². The first kappa shape index (κ1) is 21.1. The van der Waals surface area contributed by atoms with Gasteiger partial charge in [-0.2, -0.15) is 17.5 Å². The third-order valence-electron chi connectivity index (χ3n) is 4.46. The van der Waals surface area contributed by atoms with Crippen LogP contribution in [0.15, 0.2) is 34.5 Å². The molecule has 0 N–H and O–H groups in total. The van der Waals surface area contributed by atoms with E-state index in [1.165, 1.54) is 11.3 Å². The summed E-state index contributed by atoms with van der Waals surface area (Å²) in [5, 5.41) is 1.53. The first-order chi connectivity index (χ1) is 13.0. The van der Waals surface area contributed by atoms with E-state index >= 15 is 0 Å². The summed E-state index contributed by atoms with van der Waals surface area (Å²) in [4.78, 5) is 14.1. The zero-order valence-electron chi connectivity index (χ0n) is 14.7. The van der Waals surface area contributed by atoms with Gasteiger partial charge in [-0.1, -0.05) is 11.6 Å². The zero-order chi connectivity index (χ0) is 20.7. The van der Waals surface area contributed by atoms with Gasteiger partial charge in [0.25, 0.3) is 5.91 Å². The van der Waals surface area contributed by atoms with Gasteiger partial charge in [0.05, 0.1) is 15.5 Å². The van der Waals surface area contributed by atoms with Crippen molar-refractivity contribution in [3.63, 3.8) is 0 Å². The van der Waals surface area contributed by atoms with Crippen LogP contribution in [0, 0.1) is 6.92 Å². The first-order valence-corrected chi connectivity index (χ1v) is 10.9. The average molecular weight is 453 g/mol. The molecule has 2 heterocycles. The Morgan fingerprint density at radius 3 is 2.32 bits per heavy atom. The van der Waals surface area contributed by atoms with E-state index in [4.69, 9.17) is 11.6 Å². The highest BCUT2D eigenvalue weighted by Crippen LogP contribution is 2.34. The number of piperazine rings is 1. The fraction of sp³-hybridized carbons (Fsp3) is 0.353. The van der Waals surface area contributed by atoms with Crippen molar-refractivity contribution in [3.05, 3.63) is 50.7 Å². The highest BCUT2D eigenvalue weighted by Gasteiger charge is 2.36. The maximum absolute atomic E-state index is 12.9. The van der Waals surface area contributed by atoms with Crippen LogP contribution in [0.4, 0.5) is 13.2 Å². The molecule has 1 amide bonds.